The van der Waals surface area contributed by atoms with E-state index in [1.54, 1.807) is 11.3 Å². The standard InChI is InChI=1S/C7H11NS/c1-6(8-2)7-3-4-9-5-7/h3-6,8H,1-2H3/t6-/m1/s1. The highest BCUT2D eigenvalue weighted by atomic mass is 32.1. The molecular weight excluding hydrogens is 130 g/mol. The fourth-order valence-corrected chi connectivity index (χ4v) is 1.44. The molecule has 1 atom stereocenters. The van der Waals surface area contributed by atoms with Gasteiger partial charge >= 0.3 is 0 Å². The summed E-state index contributed by atoms with van der Waals surface area (Å²) in [6.07, 6.45) is 0. The van der Waals surface area contributed by atoms with Crippen LogP contribution in [0.3, 0.4) is 0 Å². The van der Waals surface area contributed by atoms with Gasteiger partial charge in [0.1, 0.15) is 0 Å². The number of thiophene rings is 1. The molecule has 0 amide bonds. The molecule has 9 heavy (non-hydrogen) atoms. The van der Waals surface area contributed by atoms with Crippen LogP contribution in [-0.2, 0) is 0 Å². The van der Waals surface area contributed by atoms with Crippen LogP contribution in [0.15, 0.2) is 16.8 Å². The summed E-state index contributed by atoms with van der Waals surface area (Å²) < 4.78 is 0. The third-order valence-corrected chi connectivity index (χ3v) is 2.18. The van der Waals surface area contributed by atoms with Gasteiger partial charge in [-0.2, -0.15) is 11.3 Å². The van der Waals surface area contributed by atoms with E-state index in [1.807, 2.05) is 7.05 Å². The van der Waals surface area contributed by atoms with E-state index >= 15 is 0 Å². The second-order valence-corrected chi connectivity index (χ2v) is 2.85. The van der Waals surface area contributed by atoms with Crippen LogP contribution in [0.2, 0.25) is 0 Å². The third-order valence-electron chi connectivity index (χ3n) is 1.48. The zero-order chi connectivity index (χ0) is 6.69. The molecule has 50 valence electrons. The summed E-state index contributed by atoms with van der Waals surface area (Å²) in [6, 6.07) is 2.64. The molecule has 0 saturated carbocycles. The van der Waals surface area contributed by atoms with Gasteiger partial charge in [0, 0.05) is 6.04 Å². The molecule has 1 N–H and O–H groups in total. The normalized spacial score (nSPS) is 13.6. The Hall–Kier alpha value is -0.340. The van der Waals surface area contributed by atoms with E-state index in [4.69, 9.17) is 0 Å². The average Bonchev–Trinajstić information content (AvgIpc) is 2.37. The summed E-state index contributed by atoms with van der Waals surface area (Å²) in [6.45, 7) is 2.15. The van der Waals surface area contributed by atoms with Crippen molar-refractivity contribution < 1.29 is 0 Å². The highest BCUT2D eigenvalue weighted by Crippen LogP contribution is 2.14. The Kier molecular flexibility index (Phi) is 2.25. The zero-order valence-corrected chi connectivity index (χ0v) is 6.53. The van der Waals surface area contributed by atoms with Gasteiger partial charge in [-0.15, -0.1) is 0 Å². The minimum absolute atomic E-state index is 0.497. The van der Waals surface area contributed by atoms with Gasteiger partial charge in [0.25, 0.3) is 0 Å². The van der Waals surface area contributed by atoms with E-state index in [9.17, 15) is 0 Å². The predicted molar refractivity (Wildman–Crippen MR) is 41.8 cm³/mol. The maximum atomic E-state index is 3.17. The molecule has 0 unspecified atom stereocenters. The zero-order valence-electron chi connectivity index (χ0n) is 5.72. The van der Waals surface area contributed by atoms with E-state index < -0.39 is 0 Å². The van der Waals surface area contributed by atoms with Gasteiger partial charge in [-0.1, -0.05) is 0 Å². The van der Waals surface area contributed by atoms with Gasteiger partial charge < -0.3 is 5.32 Å². The monoisotopic (exact) mass is 141 g/mol. The molecule has 0 aromatic carbocycles. The van der Waals surface area contributed by atoms with Crippen molar-refractivity contribution in [2.45, 2.75) is 13.0 Å². The number of hydrogen-bond acceptors (Lipinski definition) is 2. The van der Waals surface area contributed by atoms with Gasteiger partial charge in [-0.25, -0.2) is 0 Å². The van der Waals surface area contributed by atoms with Gasteiger partial charge in [0.2, 0.25) is 0 Å². The van der Waals surface area contributed by atoms with Crippen LogP contribution >= 0.6 is 11.3 Å². The maximum Gasteiger partial charge on any atom is 0.0297 e. The highest BCUT2D eigenvalue weighted by Gasteiger charge is 1.99. The fraction of sp³-hybridized carbons (Fsp3) is 0.429. The predicted octanol–water partition coefficient (Wildman–Crippen LogP) is 2.03. The quantitative estimate of drug-likeness (QED) is 0.664. The van der Waals surface area contributed by atoms with Crippen LogP contribution in [0.1, 0.15) is 18.5 Å². The molecule has 0 fully saturated rings. The first-order valence-corrected chi connectivity index (χ1v) is 3.98. The number of nitrogens with one attached hydrogen (secondary N) is 1. The fourth-order valence-electron chi connectivity index (χ4n) is 0.688. The molecule has 2 heteroatoms. The molecule has 0 bridgehead atoms. The number of hydrogen-bond donors (Lipinski definition) is 1. The molecule has 1 aromatic rings. The number of rotatable bonds is 2. The van der Waals surface area contributed by atoms with Crippen molar-refractivity contribution in [3.63, 3.8) is 0 Å². The van der Waals surface area contributed by atoms with E-state index in [0.29, 0.717) is 6.04 Å². The van der Waals surface area contributed by atoms with E-state index in [0.717, 1.165) is 0 Å². The lowest BCUT2D eigenvalue weighted by atomic mass is 10.2. The van der Waals surface area contributed by atoms with Crippen LogP contribution in [0, 0.1) is 0 Å². The van der Waals surface area contributed by atoms with E-state index in [-0.39, 0.29) is 0 Å². The Morgan fingerprint density at radius 1 is 1.67 bits per heavy atom. The molecule has 0 aliphatic rings. The molecule has 0 spiro atoms. The van der Waals surface area contributed by atoms with Crippen molar-refractivity contribution in [3.8, 4) is 0 Å². The Balaban J connectivity index is 2.65. The van der Waals surface area contributed by atoms with Crippen LogP contribution in [0.4, 0.5) is 0 Å². The van der Waals surface area contributed by atoms with Crippen molar-refractivity contribution in [2.75, 3.05) is 7.05 Å². The summed E-state index contributed by atoms with van der Waals surface area (Å²) in [5.74, 6) is 0. The molecule has 1 heterocycles. The average molecular weight is 141 g/mol. The lowest BCUT2D eigenvalue weighted by Gasteiger charge is -2.05. The Morgan fingerprint density at radius 3 is 2.89 bits per heavy atom. The smallest absolute Gasteiger partial charge is 0.0297 e. The van der Waals surface area contributed by atoms with Gasteiger partial charge in [0.05, 0.1) is 0 Å². The van der Waals surface area contributed by atoms with Crippen molar-refractivity contribution in [2.24, 2.45) is 0 Å². The van der Waals surface area contributed by atoms with Crippen LogP contribution in [0.25, 0.3) is 0 Å². The lowest BCUT2D eigenvalue weighted by molar-refractivity contribution is 0.655. The molecule has 1 rings (SSSR count). The summed E-state index contributed by atoms with van der Waals surface area (Å²) >= 11 is 1.74. The van der Waals surface area contributed by atoms with Gasteiger partial charge in [-0.05, 0) is 36.4 Å². The van der Waals surface area contributed by atoms with Crippen molar-refractivity contribution in [1.29, 1.82) is 0 Å². The van der Waals surface area contributed by atoms with Crippen LogP contribution in [0.5, 0.6) is 0 Å². The molecular formula is C7H11NS. The summed E-state index contributed by atoms with van der Waals surface area (Å²) in [7, 11) is 1.97. The Labute approximate surface area is 59.7 Å². The van der Waals surface area contributed by atoms with Crippen LogP contribution < -0.4 is 5.32 Å². The minimum atomic E-state index is 0.497. The summed E-state index contributed by atoms with van der Waals surface area (Å²) in [5, 5.41) is 7.44. The maximum absolute atomic E-state index is 3.17. The molecule has 0 aliphatic carbocycles. The first-order valence-electron chi connectivity index (χ1n) is 3.04. The molecule has 0 saturated heterocycles. The Morgan fingerprint density at radius 2 is 2.44 bits per heavy atom. The molecule has 0 aliphatic heterocycles. The Bertz CT molecular complexity index is 157. The first-order chi connectivity index (χ1) is 4.34. The second-order valence-electron chi connectivity index (χ2n) is 2.07. The third kappa shape index (κ3) is 1.53. The highest BCUT2D eigenvalue weighted by molar-refractivity contribution is 7.07. The van der Waals surface area contributed by atoms with Crippen molar-refractivity contribution >= 4 is 11.3 Å². The van der Waals surface area contributed by atoms with E-state index in [2.05, 4.69) is 29.1 Å². The van der Waals surface area contributed by atoms with E-state index in [1.165, 1.54) is 5.56 Å². The van der Waals surface area contributed by atoms with Gasteiger partial charge in [0.15, 0.2) is 0 Å². The lowest BCUT2D eigenvalue weighted by Crippen LogP contribution is -2.10. The molecule has 1 aromatic heterocycles. The molecule has 0 radical (unpaired) electrons. The van der Waals surface area contributed by atoms with Crippen molar-refractivity contribution in [3.05, 3.63) is 22.4 Å². The second kappa shape index (κ2) is 2.99. The van der Waals surface area contributed by atoms with Crippen molar-refractivity contribution in [1.82, 2.24) is 5.32 Å². The minimum Gasteiger partial charge on any atom is -0.313 e. The molecule has 1 nitrogen and oxygen atoms in total. The SMILES string of the molecule is CN[C@H](C)c1ccsc1. The van der Waals surface area contributed by atoms with Crippen LogP contribution in [-0.4, -0.2) is 7.05 Å². The largest absolute Gasteiger partial charge is 0.313 e. The first kappa shape index (κ1) is 6.78. The topological polar surface area (TPSA) is 12.0 Å². The van der Waals surface area contributed by atoms with Gasteiger partial charge in [-0.3, -0.25) is 0 Å². The summed E-state index contributed by atoms with van der Waals surface area (Å²) in [4.78, 5) is 0. The summed E-state index contributed by atoms with van der Waals surface area (Å²) in [5.41, 5.74) is 1.38.